The molecule has 1 fully saturated rings. The highest BCUT2D eigenvalue weighted by Crippen LogP contribution is 2.09. The molecule has 0 spiro atoms. The third kappa shape index (κ3) is 4.26. The molecule has 0 radical (unpaired) electrons. The van der Waals surface area contributed by atoms with E-state index >= 15 is 0 Å². The average molecular weight is 242 g/mol. The maximum atomic E-state index is 11.6. The molecule has 1 aliphatic heterocycles. The van der Waals surface area contributed by atoms with Crippen molar-refractivity contribution in [1.82, 2.24) is 15.1 Å². The van der Waals surface area contributed by atoms with E-state index in [2.05, 4.69) is 29.1 Å². The van der Waals surface area contributed by atoms with E-state index in [1.807, 2.05) is 6.92 Å². The third-order valence-corrected chi connectivity index (χ3v) is 3.44. The van der Waals surface area contributed by atoms with Gasteiger partial charge in [0.15, 0.2) is 0 Å². The molecule has 1 aliphatic rings. The summed E-state index contributed by atoms with van der Waals surface area (Å²) in [6.45, 7) is 9.66. The number of likely N-dealkylation sites (N-methyl/N-ethyl adjacent to an activating group) is 1. The number of nitrogens with two attached hydrogens (primary N) is 1. The van der Waals surface area contributed by atoms with Gasteiger partial charge in [0, 0.05) is 32.7 Å². The van der Waals surface area contributed by atoms with Gasteiger partial charge in [-0.25, -0.2) is 0 Å². The Kier molecular flexibility index (Phi) is 5.36. The number of hydrogen-bond acceptors (Lipinski definition) is 4. The first-order valence-corrected chi connectivity index (χ1v) is 6.44. The molecular weight excluding hydrogens is 216 g/mol. The molecule has 100 valence electrons. The number of hydrogen-bond donors (Lipinski definition) is 2. The molecule has 0 aromatic heterocycles. The van der Waals surface area contributed by atoms with E-state index in [4.69, 9.17) is 5.73 Å². The first-order chi connectivity index (χ1) is 7.98. The van der Waals surface area contributed by atoms with Gasteiger partial charge in [-0.05, 0) is 26.9 Å². The van der Waals surface area contributed by atoms with Gasteiger partial charge in [0.1, 0.15) is 5.54 Å². The van der Waals surface area contributed by atoms with Crippen molar-refractivity contribution in [2.75, 3.05) is 46.3 Å². The van der Waals surface area contributed by atoms with Crippen LogP contribution in [-0.2, 0) is 4.79 Å². The fourth-order valence-corrected chi connectivity index (χ4v) is 2.08. The monoisotopic (exact) mass is 242 g/mol. The van der Waals surface area contributed by atoms with Crippen LogP contribution >= 0.6 is 0 Å². The van der Waals surface area contributed by atoms with Crippen LogP contribution in [0.15, 0.2) is 0 Å². The third-order valence-electron chi connectivity index (χ3n) is 3.44. The van der Waals surface area contributed by atoms with Crippen LogP contribution in [0.3, 0.4) is 0 Å². The summed E-state index contributed by atoms with van der Waals surface area (Å²) in [7, 11) is 2.12. The van der Waals surface area contributed by atoms with Gasteiger partial charge >= 0.3 is 0 Å². The van der Waals surface area contributed by atoms with Crippen molar-refractivity contribution in [3.8, 4) is 0 Å². The molecule has 0 aliphatic carbocycles. The average Bonchev–Trinajstić information content (AvgIpc) is 2.29. The molecular formula is C12H26N4O. The number of primary amides is 1. The lowest BCUT2D eigenvalue weighted by atomic mass is 10.00. The maximum absolute atomic E-state index is 11.6. The molecule has 1 saturated heterocycles. The van der Waals surface area contributed by atoms with Gasteiger partial charge in [-0.15, -0.1) is 0 Å². The lowest BCUT2D eigenvalue weighted by Gasteiger charge is -2.38. The Morgan fingerprint density at radius 3 is 2.41 bits per heavy atom. The first kappa shape index (κ1) is 14.4. The highest BCUT2D eigenvalue weighted by molar-refractivity contribution is 5.84. The summed E-state index contributed by atoms with van der Waals surface area (Å²) in [5, 5.41) is 3.27. The Labute approximate surface area is 104 Å². The molecule has 1 unspecified atom stereocenters. The molecule has 1 atom stereocenters. The fraction of sp³-hybridized carbons (Fsp3) is 0.917. The van der Waals surface area contributed by atoms with Crippen LogP contribution in [0.5, 0.6) is 0 Å². The van der Waals surface area contributed by atoms with E-state index in [1.54, 1.807) is 0 Å². The van der Waals surface area contributed by atoms with E-state index in [0.29, 0.717) is 6.54 Å². The Morgan fingerprint density at radius 2 is 1.94 bits per heavy atom. The molecule has 17 heavy (non-hydrogen) atoms. The molecule has 0 aromatic rings. The van der Waals surface area contributed by atoms with Gasteiger partial charge in [0.25, 0.3) is 0 Å². The van der Waals surface area contributed by atoms with Crippen LogP contribution in [0.2, 0.25) is 0 Å². The van der Waals surface area contributed by atoms with E-state index in [1.165, 1.54) is 0 Å². The van der Waals surface area contributed by atoms with Crippen LogP contribution in [0.4, 0.5) is 0 Å². The largest absolute Gasteiger partial charge is 0.368 e. The van der Waals surface area contributed by atoms with Gasteiger partial charge in [-0.1, -0.05) is 6.92 Å². The van der Waals surface area contributed by atoms with Crippen LogP contribution in [0.1, 0.15) is 20.3 Å². The highest BCUT2D eigenvalue weighted by Gasteiger charge is 2.33. The molecule has 1 heterocycles. The van der Waals surface area contributed by atoms with Gasteiger partial charge in [0.05, 0.1) is 0 Å². The van der Waals surface area contributed by atoms with Crippen molar-refractivity contribution in [1.29, 1.82) is 0 Å². The summed E-state index contributed by atoms with van der Waals surface area (Å²) in [4.78, 5) is 16.2. The second-order valence-corrected chi connectivity index (χ2v) is 5.20. The van der Waals surface area contributed by atoms with E-state index in [0.717, 1.165) is 39.1 Å². The molecule has 0 saturated carbocycles. The minimum atomic E-state index is -0.605. The summed E-state index contributed by atoms with van der Waals surface area (Å²) in [5.74, 6) is -0.259. The zero-order valence-electron chi connectivity index (χ0n) is 11.3. The number of carbonyl (C=O) groups is 1. The first-order valence-electron chi connectivity index (χ1n) is 6.44. The molecule has 1 rings (SSSR count). The second kappa shape index (κ2) is 6.33. The number of nitrogens with one attached hydrogen (secondary N) is 1. The smallest absolute Gasteiger partial charge is 0.238 e. The van der Waals surface area contributed by atoms with Crippen LogP contribution in [0, 0.1) is 0 Å². The minimum absolute atomic E-state index is 0.259. The van der Waals surface area contributed by atoms with E-state index in [9.17, 15) is 4.79 Å². The number of nitrogens with zero attached hydrogens (tertiary/aromatic N) is 2. The van der Waals surface area contributed by atoms with Gasteiger partial charge < -0.3 is 16.0 Å². The highest BCUT2D eigenvalue weighted by atomic mass is 16.1. The van der Waals surface area contributed by atoms with Crippen molar-refractivity contribution in [3.05, 3.63) is 0 Å². The fourth-order valence-electron chi connectivity index (χ4n) is 2.08. The maximum Gasteiger partial charge on any atom is 0.238 e. The minimum Gasteiger partial charge on any atom is -0.368 e. The number of piperazine rings is 1. The van der Waals surface area contributed by atoms with Crippen LogP contribution < -0.4 is 11.1 Å². The Bertz CT molecular complexity index is 251. The molecule has 5 nitrogen and oxygen atoms in total. The number of carbonyl (C=O) groups excluding carboxylic acids is 1. The second-order valence-electron chi connectivity index (χ2n) is 5.20. The van der Waals surface area contributed by atoms with Crippen LogP contribution in [-0.4, -0.2) is 67.6 Å². The lowest BCUT2D eigenvalue weighted by molar-refractivity contribution is -0.124. The van der Waals surface area contributed by atoms with Crippen molar-refractivity contribution >= 4 is 5.91 Å². The quantitative estimate of drug-likeness (QED) is 0.658. The van der Waals surface area contributed by atoms with Gasteiger partial charge in [0.2, 0.25) is 5.91 Å². The number of amides is 1. The van der Waals surface area contributed by atoms with Gasteiger partial charge in [-0.2, -0.15) is 0 Å². The molecule has 0 aromatic carbocycles. The predicted octanol–water partition coefficient (Wildman–Crippen LogP) is -0.523. The molecule has 3 N–H and O–H groups in total. The number of rotatable bonds is 6. The summed E-state index contributed by atoms with van der Waals surface area (Å²) >= 11 is 0. The van der Waals surface area contributed by atoms with Crippen molar-refractivity contribution < 1.29 is 4.79 Å². The molecule has 1 amide bonds. The topological polar surface area (TPSA) is 61.6 Å². The van der Waals surface area contributed by atoms with Crippen LogP contribution in [0.25, 0.3) is 0 Å². The summed E-state index contributed by atoms with van der Waals surface area (Å²) in [6, 6.07) is 0. The SMILES string of the molecule is CCCNC(C)(CN1CCN(C)CC1)C(N)=O. The summed E-state index contributed by atoms with van der Waals surface area (Å²) in [6.07, 6.45) is 1.01. The summed E-state index contributed by atoms with van der Waals surface area (Å²) in [5.41, 5.74) is 4.91. The zero-order valence-corrected chi connectivity index (χ0v) is 11.3. The Morgan fingerprint density at radius 1 is 1.35 bits per heavy atom. The normalized spacial score (nSPS) is 22.3. The van der Waals surface area contributed by atoms with Crippen molar-refractivity contribution in [3.63, 3.8) is 0 Å². The Hall–Kier alpha value is -0.650. The predicted molar refractivity (Wildman–Crippen MR) is 69.8 cm³/mol. The standard InChI is InChI=1S/C12H26N4O/c1-4-5-14-12(2,11(13)17)10-16-8-6-15(3)7-9-16/h14H,4-10H2,1-3H3,(H2,13,17). The van der Waals surface area contributed by atoms with Crippen molar-refractivity contribution in [2.45, 2.75) is 25.8 Å². The summed E-state index contributed by atoms with van der Waals surface area (Å²) < 4.78 is 0. The Balaban J connectivity index is 2.51. The van der Waals surface area contributed by atoms with Crippen molar-refractivity contribution in [2.24, 2.45) is 5.73 Å². The molecule has 5 heteroatoms. The lowest BCUT2D eigenvalue weighted by Crippen LogP contribution is -2.61. The van der Waals surface area contributed by atoms with E-state index in [-0.39, 0.29) is 5.91 Å². The van der Waals surface area contributed by atoms with Gasteiger partial charge in [-0.3, -0.25) is 9.69 Å². The zero-order chi connectivity index (χ0) is 12.9. The van der Waals surface area contributed by atoms with E-state index < -0.39 is 5.54 Å². The molecule has 0 bridgehead atoms.